The summed E-state index contributed by atoms with van der Waals surface area (Å²) in [7, 11) is -3.54. The van der Waals surface area contributed by atoms with Crippen molar-refractivity contribution in [2.75, 3.05) is 12.9 Å². The van der Waals surface area contributed by atoms with Crippen LogP contribution in [0.1, 0.15) is 5.56 Å². The summed E-state index contributed by atoms with van der Waals surface area (Å²) >= 11 is 3.34. The molecular weight excluding hydrogens is 310 g/mol. The third kappa shape index (κ3) is 3.21. The van der Waals surface area contributed by atoms with Gasteiger partial charge in [0.05, 0.1) is 12.0 Å². The van der Waals surface area contributed by atoms with Crippen molar-refractivity contribution in [2.45, 2.75) is 0 Å². The van der Waals surface area contributed by atoms with Gasteiger partial charge in [-0.3, -0.25) is 0 Å². The average Bonchev–Trinajstić information content (AvgIpc) is 2.25. The number of benzene rings is 1. The van der Waals surface area contributed by atoms with E-state index >= 15 is 0 Å². The van der Waals surface area contributed by atoms with Crippen LogP contribution in [0, 0.1) is 0 Å². The molecule has 1 aliphatic rings. The monoisotopic (exact) mass is 319 g/mol. The van der Waals surface area contributed by atoms with Crippen molar-refractivity contribution in [1.82, 2.24) is 5.48 Å². The van der Waals surface area contributed by atoms with Gasteiger partial charge in [0.15, 0.2) is 0 Å². The molecular formula is C10H10BrNO4S. The summed E-state index contributed by atoms with van der Waals surface area (Å²) in [5.41, 5.74) is 3.73. The second kappa shape index (κ2) is 4.67. The molecule has 1 aliphatic heterocycles. The predicted octanol–water partition coefficient (Wildman–Crippen LogP) is 1.66. The standard InChI is InChI=1S/C10H10BrNO4S/c1-17(13,14)16-12-9-4-5-15-10-3-2-7(11)6-8(9)10/h2-4,6,12H,5H2,1H3. The molecule has 0 aliphatic carbocycles. The Morgan fingerprint density at radius 2 is 2.24 bits per heavy atom. The van der Waals surface area contributed by atoms with Gasteiger partial charge in [-0.05, 0) is 24.3 Å². The zero-order valence-electron chi connectivity index (χ0n) is 8.94. The molecule has 0 saturated heterocycles. The maximum absolute atomic E-state index is 10.9. The van der Waals surface area contributed by atoms with Gasteiger partial charge in [-0.2, -0.15) is 12.7 Å². The largest absolute Gasteiger partial charge is 0.489 e. The molecule has 0 amide bonds. The number of nitrogens with one attached hydrogen (secondary N) is 1. The zero-order chi connectivity index (χ0) is 12.5. The Morgan fingerprint density at radius 3 is 2.94 bits per heavy atom. The minimum absolute atomic E-state index is 0.365. The van der Waals surface area contributed by atoms with E-state index in [4.69, 9.17) is 4.74 Å². The van der Waals surface area contributed by atoms with Crippen molar-refractivity contribution in [1.29, 1.82) is 0 Å². The Labute approximate surface area is 108 Å². The highest BCUT2D eigenvalue weighted by Gasteiger charge is 2.15. The first-order chi connectivity index (χ1) is 7.96. The van der Waals surface area contributed by atoms with Crippen molar-refractivity contribution in [3.63, 3.8) is 0 Å². The average molecular weight is 320 g/mol. The van der Waals surface area contributed by atoms with Gasteiger partial charge in [0, 0.05) is 10.0 Å². The molecule has 17 heavy (non-hydrogen) atoms. The van der Waals surface area contributed by atoms with Crippen LogP contribution >= 0.6 is 15.9 Å². The van der Waals surface area contributed by atoms with Gasteiger partial charge in [0.2, 0.25) is 0 Å². The van der Waals surface area contributed by atoms with Crippen molar-refractivity contribution in [2.24, 2.45) is 0 Å². The normalized spacial score (nSPS) is 14.6. The third-order valence-electron chi connectivity index (χ3n) is 2.06. The molecule has 0 aromatic heterocycles. The number of fused-ring (bicyclic) bond motifs is 1. The van der Waals surface area contributed by atoms with Gasteiger partial charge < -0.3 is 4.74 Å². The minimum Gasteiger partial charge on any atom is -0.489 e. The van der Waals surface area contributed by atoms with Crippen molar-refractivity contribution in [3.8, 4) is 5.75 Å². The zero-order valence-corrected chi connectivity index (χ0v) is 11.3. The van der Waals surface area contributed by atoms with Crippen LogP contribution < -0.4 is 10.2 Å². The van der Waals surface area contributed by atoms with E-state index < -0.39 is 10.1 Å². The molecule has 0 unspecified atom stereocenters. The smallest absolute Gasteiger partial charge is 0.284 e. The molecule has 5 nitrogen and oxygen atoms in total. The molecule has 1 aromatic rings. The first kappa shape index (κ1) is 12.4. The molecule has 0 radical (unpaired) electrons. The fourth-order valence-electron chi connectivity index (χ4n) is 1.38. The highest BCUT2D eigenvalue weighted by atomic mass is 79.9. The van der Waals surface area contributed by atoms with Crippen LogP contribution in [0.15, 0.2) is 28.7 Å². The minimum atomic E-state index is -3.54. The number of hydrogen-bond acceptors (Lipinski definition) is 5. The Bertz CT molecular complexity index is 568. The number of ether oxygens (including phenoxy) is 1. The van der Waals surface area contributed by atoms with Crippen LogP contribution in [0.5, 0.6) is 5.75 Å². The second-order valence-corrected chi connectivity index (χ2v) is 5.95. The van der Waals surface area contributed by atoms with E-state index in [0.29, 0.717) is 18.1 Å². The molecule has 2 rings (SSSR count). The van der Waals surface area contributed by atoms with Gasteiger partial charge in [-0.15, -0.1) is 0 Å². The van der Waals surface area contributed by atoms with E-state index in [0.717, 1.165) is 16.3 Å². The molecule has 1 aromatic carbocycles. The van der Waals surface area contributed by atoms with E-state index in [-0.39, 0.29) is 0 Å². The quantitative estimate of drug-likeness (QED) is 0.858. The molecule has 92 valence electrons. The van der Waals surface area contributed by atoms with E-state index in [1.165, 1.54) is 0 Å². The van der Waals surface area contributed by atoms with Crippen molar-refractivity contribution in [3.05, 3.63) is 34.3 Å². The lowest BCUT2D eigenvalue weighted by Gasteiger charge is -2.19. The topological polar surface area (TPSA) is 64.6 Å². The van der Waals surface area contributed by atoms with E-state index in [1.807, 2.05) is 12.1 Å². The van der Waals surface area contributed by atoms with Crippen LogP contribution in [0.3, 0.4) is 0 Å². The highest BCUT2D eigenvalue weighted by molar-refractivity contribution is 9.10. The summed E-state index contributed by atoms with van der Waals surface area (Å²) in [6, 6.07) is 5.46. The van der Waals surface area contributed by atoms with Crippen LogP contribution in [0.2, 0.25) is 0 Å². The highest BCUT2D eigenvalue weighted by Crippen LogP contribution is 2.30. The number of hydrogen-bond donors (Lipinski definition) is 1. The molecule has 1 heterocycles. The summed E-state index contributed by atoms with van der Waals surface area (Å²) in [4.78, 5) is 0. The fraction of sp³-hybridized carbons (Fsp3) is 0.200. The van der Waals surface area contributed by atoms with Crippen LogP contribution in [0.4, 0.5) is 0 Å². The first-order valence-corrected chi connectivity index (χ1v) is 7.34. The lowest BCUT2D eigenvalue weighted by atomic mass is 10.1. The van der Waals surface area contributed by atoms with Gasteiger partial charge >= 0.3 is 0 Å². The van der Waals surface area contributed by atoms with E-state index in [2.05, 4.69) is 25.7 Å². The number of halogens is 1. The summed E-state index contributed by atoms with van der Waals surface area (Å²) in [5.74, 6) is 0.676. The molecule has 0 fully saturated rings. The molecule has 0 spiro atoms. The molecule has 7 heteroatoms. The van der Waals surface area contributed by atoms with Crippen LogP contribution in [-0.2, 0) is 14.4 Å². The molecule has 0 bridgehead atoms. The Morgan fingerprint density at radius 1 is 1.47 bits per heavy atom. The van der Waals surface area contributed by atoms with Crippen LogP contribution in [0.25, 0.3) is 5.70 Å². The van der Waals surface area contributed by atoms with Crippen molar-refractivity contribution < 1.29 is 17.4 Å². The second-order valence-electron chi connectivity index (χ2n) is 3.46. The number of rotatable bonds is 3. The maximum atomic E-state index is 10.9. The Balaban J connectivity index is 2.26. The molecule has 0 saturated carbocycles. The predicted molar refractivity (Wildman–Crippen MR) is 66.7 cm³/mol. The van der Waals surface area contributed by atoms with Gasteiger partial charge in [-0.25, -0.2) is 5.48 Å². The summed E-state index contributed by atoms with van der Waals surface area (Å²) in [6.45, 7) is 0.365. The molecule has 0 atom stereocenters. The maximum Gasteiger partial charge on any atom is 0.284 e. The SMILES string of the molecule is CS(=O)(=O)ONC1=CCOc2ccc(Br)cc21. The third-order valence-corrected chi connectivity index (χ3v) is 2.94. The van der Waals surface area contributed by atoms with Gasteiger partial charge in [-0.1, -0.05) is 15.9 Å². The van der Waals surface area contributed by atoms with Crippen molar-refractivity contribution >= 4 is 31.7 Å². The summed E-state index contributed by atoms with van der Waals surface area (Å²) < 4.78 is 32.6. The summed E-state index contributed by atoms with van der Waals surface area (Å²) in [6.07, 6.45) is 2.68. The lowest BCUT2D eigenvalue weighted by molar-refractivity contribution is 0.257. The number of hydroxylamine groups is 1. The van der Waals surface area contributed by atoms with Crippen LogP contribution in [-0.4, -0.2) is 21.3 Å². The van der Waals surface area contributed by atoms with Gasteiger partial charge in [0.25, 0.3) is 10.1 Å². The van der Waals surface area contributed by atoms with E-state index in [9.17, 15) is 8.42 Å². The van der Waals surface area contributed by atoms with Gasteiger partial charge in [0.1, 0.15) is 12.4 Å². The first-order valence-electron chi connectivity index (χ1n) is 4.73. The van der Waals surface area contributed by atoms with E-state index in [1.54, 1.807) is 12.1 Å². The Hall–Kier alpha value is -1.05. The Kier molecular flexibility index (Phi) is 3.41. The summed E-state index contributed by atoms with van der Waals surface area (Å²) in [5, 5.41) is 0. The lowest BCUT2D eigenvalue weighted by Crippen LogP contribution is -2.21. The fourth-order valence-corrected chi connectivity index (χ4v) is 1.98. The molecule has 1 N–H and O–H groups in total.